The van der Waals surface area contributed by atoms with Gasteiger partial charge in [-0.3, -0.25) is 5.43 Å². The van der Waals surface area contributed by atoms with Crippen LogP contribution in [0.1, 0.15) is 5.56 Å². The topological polar surface area (TPSA) is 97.4 Å². The van der Waals surface area contributed by atoms with Crippen LogP contribution >= 0.6 is 12.2 Å². The third kappa shape index (κ3) is 6.24. The average molecular weight is 378 g/mol. The number of anilines is 1. The molecule has 0 aliphatic heterocycles. The number of nitrogens with one attached hydrogen (secondary N) is 2. The van der Waals surface area contributed by atoms with Crippen molar-refractivity contribution >= 4 is 29.2 Å². The van der Waals surface area contributed by atoms with E-state index in [2.05, 4.69) is 15.8 Å². The molecule has 23 heavy (non-hydrogen) atoms. The van der Waals surface area contributed by atoms with E-state index in [4.69, 9.17) is 17.0 Å². The van der Waals surface area contributed by atoms with Crippen LogP contribution in [0.3, 0.4) is 0 Å². The number of aromatic hydroxyl groups is 1. The van der Waals surface area contributed by atoms with Gasteiger partial charge in [0.2, 0.25) is 0 Å². The number of rotatable bonds is 4. The van der Waals surface area contributed by atoms with E-state index < -0.39 is 0 Å². The molecule has 0 aliphatic rings. The molecule has 2 aromatic carbocycles. The van der Waals surface area contributed by atoms with Crippen LogP contribution in [0.4, 0.5) is 5.69 Å². The van der Waals surface area contributed by atoms with Gasteiger partial charge in [-0.25, -0.2) is 0 Å². The second-order valence-electron chi connectivity index (χ2n) is 4.09. The van der Waals surface area contributed by atoms with Crippen molar-refractivity contribution in [1.29, 1.82) is 0 Å². The van der Waals surface area contributed by atoms with E-state index >= 15 is 0 Å². The first kappa shape index (κ1) is 20.9. The summed E-state index contributed by atoms with van der Waals surface area (Å²) in [5, 5.41) is 17.2. The Labute approximate surface area is 150 Å². The number of thiocarbonyl (C=S) groups is 1. The van der Waals surface area contributed by atoms with Gasteiger partial charge in [-0.2, -0.15) is 5.10 Å². The Hall–Kier alpha value is -2.13. The van der Waals surface area contributed by atoms with Crippen LogP contribution in [-0.4, -0.2) is 29.0 Å². The van der Waals surface area contributed by atoms with E-state index in [0.29, 0.717) is 16.4 Å². The molecule has 0 saturated carbocycles. The summed E-state index contributed by atoms with van der Waals surface area (Å²) in [6.45, 7) is 0. The minimum atomic E-state index is 0. The fourth-order valence-electron chi connectivity index (χ4n) is 1.65. The van der Waals surface area contributed by atoms with Crippen molar-refractivity contribution in [1.82, 2.24) is 5.43 Å². The normalized spacial score (nSPS) is 9.43. The molecule has 0 aromatic heterocycles. The molecule has 5 N–H and O–H groups in total. The maximum absolute atomic E-state index is 9.90. The molecule has 0 atom stereocenters. The predicted octanol–water partition coefficient (Wildman–Crippen LogP) is 1.89. The van der Waals surface area contributed by atoms with Gasteiger partial charge in [-0.1, -0.05) is 24.3 Å². The Balaban J connectivity index is 0.00000242. The molecule has 1 radical (unpaired) electrons. The number of ether oxygens (including phenoxy) is 1. The largest absolute Gasteiger partial charge is 0.504 e. The number of para-hydroxylation sites is 2. The molecule has 0 amide bonds. The van der Waals surface area contributed by atoms with Crippen LogP contribution in [0.5, 0.6) is 11.5 Å². The van der Waals surface area contributed by atoms with Crippen LogP contribution in [0.2, 0.25) is 0 Å². The molecular formula is C15H17CoN3O3S. The summed E-state index contributed by atoms with van der Waals surface area (Å²) in [4.78, 5) is 0. The molecular weight excluding hydrogens is 361 g/mol. The van der Waals surface area contributed by atoms with Gasteiger partial charge >= 0.3 is 0 Å². The number of hydrogen-bond donors (Lipinski definition) is 3. The fourth-order valence-corrected chi connectivity index (χ4v) is 1.82. The van der Waals surface area contributed by atoms with Gasteiger partial charge in [0.15, 0.2) is 16.6 Å². The third-order valence-corrected chi connectivity index (χ3v) is 2.84. The zero-order chi connectivity index (χ0) is 15.1. The molecule has 0 heterocycles. The number of benzene rings is 2. The number of hydrazone groups is 1. The van der Waals surface area contributed by atoms with Crippen LogP contribution in [0.25, 0.3) is 0 Å². The second kappa shape index (κ2) is 10.6. The molecule has 0 fully saturated rings. The van der Waals surface area contributed by atoms with Crippen LogP contribution in [0.15, 0.2) is 53.6 Å². The van der Waals surface area contributed by atoms with Crippen LogP contribution < -0.4 is 15.5 Å². The molecule has 0 spiro atoms. The van der Waals surface area contributed by atoms with E-state index in [-0.39, 0.29) is 28.0 Å². The van der Waals surface area contributed by atoms with Gasteiger partial charge in [-0.15, -0.1) is 0 Å². The summed E-state index contributed by atoms with van der Waals surface area (Å²) in [5.41, 5.74) is 4.08. The SMILES string of the molecule is COc1cccc(/C=N/NC(=S)Nc2ccccc2)c1O.O.[Co]. The van der Waals surface area contributed by atoms with Crippen molar-refractivity contribution in [3.05, 3.63) is 54.1 Å². The van der Waals surface area contributed by atoms with Crippen molar-refractivity contribution in [2.24, 2.45) is 5.10 Å². The summed E-state index contributed by atoms with van der Waals surface area (Å²) in [5.74, 6) is 0.427. The number of phenols is 1. The van der Waals surface area contributed by atoms with Crippen molar-refractivity contribution in [3.63, 3.8) is 0 Å². The smallest absolute Gasteiger partial charge is 0.191 e. The third-order valence-electron chi connectivity index (χ3n) is 2.65. The van der Waals surface area contributed by atoms with E-state index in [1.807, 2.05) is 30.3 Å². The monoisotopic (exact) mass is 378 g/mol. The molecule has 8 heteroatoms. The summed E-state index contributed by atoms with van der Waals surface area (Å²) in [6.07, 6.45) is 1.47. The Morgan fingerprint density at radius 2 is 1.87 bits per heavy atom. The van der Waals surface area contributed by atoms with E-state index in [0.717, 1.165) is 5.69 Å². The van der Waals surface area contributed by atoms with Gasteiger partial charge in [-0.05, 0) is 36.5 Å². The van der Waals surface area contributed by atoms with Crippen LogP contribution in [0, 0.1) is 0 Å². The van der Waals surface area contributed by atoms with Crippen LogP contribution in [-0.2, 0) is 16.8 Å². The van der Waals surface area contributed by atoms with Crippen molar-refractivity contribution in [2.45, 2.75) is 0 Å². The summed E-state index contributed by atoms with van der Waals surface area (Å²) in [6, 6.07) is 14.7. The van der Waals surface area contributed by atoms with E-state index in [9.17, 15) is 5.11 Å². The van der Waals surface area contributed by atoms with Gasteiger partial charge < -0.3 is 20.6 Å². The summed E-state index contributed by atoms with van der Waals surface area (Å²) >= 11 is 5.11. The Kier molecular flexibility index (Phi) is 9.59. The van der Waals surface area contributed by atoms with E-state index in [1.165, 1.54) is 13.3 Å². The molecule has 0 bridgehead atoms. The first-order chi connectivity index (χ1) is 10.2. The standard InChI is InChI=1S/C15H15N3O2S.Co.H2O/c1-20-13-9-5-6-11(14(13)19)10-16-18-15(21)17-12-7-3-2-4-8-12;;/h2-10,19H,1H3,(H2,17,18,21);;1H2/b16-10+;;. The maximum Gasteiger partial charge on any atom is 0.191 e. The Bertz CT molecular complexity index is 654. The quantitative estimate of drug-likeness (QED) is 0.429. The van der Waals surface area contributed by atoms with Gasteiger partial charge in [0.25, 0.3) is 0 Å². The minimum Gasteiger partial charge on any atom is -0.504 e. The number of nitrogens with zero attached hydrogens (tertiary/aromatic N) is 1. The summed E-state index contributed by atoms with van der Waals surface area (Å²) < 4.78 is 5.02. The molecule has 0 aliphatic carbocycles. The molecule has 125 valence electrons. The van der Waals surface area contributed by atoms with Gasteiger partial charge in [0.1, 0.15) is 0 Å². The Morgan fingerprint density at radius 1 is 1.17 bits per heavy atom. The van der Waals surface area contributed by atoms with Crippen molar-refractivity contribution in [2.75, 3.05) is 12.4 Å². The number of hydrogen-bond acceptors (Lipinski definition) is 4. The zero-order valence-corrected chi connectivity index (χ0v) is 14.1. The number of methoxy groups -OCH3 is 1. The zero-order valence-electron chi connectivity index (χ0n) is 12.2. The number of phenolic OH excluding ortho intramolecular Hbond substituents is 1. The first-order valence-corrected chi connectivity index (χ1v) is 6.62. The van der Waals surface area contributed by atoms with E-state index in [1.54, 1.807) is 18.2 Å². The molecule has 6 nitrogen and oxygen atoms in total. The minimum absolute atomic E-state index is 0. The summed E-state index contributed by atoms with van der Waals surface area (Å²) in [7, 11) is 1.49. The molecule has 0 saturated heterocycles. The molecule has 2 aromatic rings. The van der Waals surface area contributed by atoms with Gasteiger partial charge in [0, 0.05) is 28.0 Å². The predicted molar refractivity (Wildman–Crippen MR) is 91.7 cm³/mol. The van der Waals surface area contributed by atoms with Crippen molar-refractivity contribution < 1.29 is 32.1 Å². The Morgan fingerprint density at radius 3 is 2.52 bits per heavy atom. The van der Waals surface area contributed by atoms with Gasteiger partial charge in [0.05, 0.1) is 13.3 Å². The molecule has 0 unspecified atom stereocenters. The maximum atomic E-state index is 9.90. The second-order valence-corrected chi connectivity index (χ2v) is 4.50. The molecule has 2 rings (SSSR count). The van der Waals surface area contributed by atoms with Crippen molar-refractivity contribution in [3.8, 4) is 11.5 Å². The average Bonchev–Trinajstić information content (AvgIpc) is 2.50. The fraction of sp³-hybridized carbons (Fsp3) is 0.0667. The first-order valence-electron chi connectivity index (χ1n) is 6.22.